The summed E-state index contributed by atoms with van der Waals surface area (Å²) < 4.78 is 5.04. The summed E-state index contributed by atoms with van der Waals surface area (Å²) in [6.07, 6.45) is 2.64. The van der Waals surface area contributed by atoms with Gasteiger partial charge in [-0.15, -0.1) is 11.3 Å². The summed E-state index contributed by atoms with van der Waals surface area (Å²) in [7, 11) is 1.53. The zero-order valence-electron chi connectivity index (χ0n) is 10.9. The van der Waals surface area contributed by atoms with E-state index in [-0.39, 0.29) is 0 Å². The predicted octanol–water partition coefficient (Wildman–Crippen LogP) is 1.42. The van der Waals surface area contributed by atoms with Crippen LogP contribution in [0.15, 0.2) is 11.6 Å². The first-order valence-corrected chi connectivity index (χ1v) is 6.86. The van der Waals surface area contributed by atoms with Crippen LogP contribution in [0, 0.1) is 0 Å². The fraction of sp³-hybridized carbons (Fsp3) is 0.455. The second-order valence-corrected chi connectivity index (χ2v) is 4.58. The third kappa shape index (κ3) is 4.02. The van der Waals surface area contributed by atoms with Crippen LogP contribution in [0.2, 0.25) is 0 Å². The number of nitrogens with one attached hydrogen (secondary N) is 2. The highest BCUT2D eigenvalue weighted by molar-refractivity contribution is 7.09. The summed E-state index contributed by atoms with van der Waals surface area (Å²) in [6.45, 7) is 3.43. The quantitative estimate of drug-likeness (QED) is 0.793. The minimum absolute atomic E-state index is 0.294. The maximum atomic E-state index is 5.04. The summed E-state index contributed by atoms with van der Waals surface area (Å²) in [5.41, 5.74) is 0. The van der Waals surface area contributed by atoms with Crippen molar-refractivity contribution in [3.05, 3.63) is 16.6 Å². The van der Waals surface area contributed by atoms with E-state index in [1.165, 1.54) is 7.11 Å². The third-order valence-corrected chi connectivity index (χ3v) is 3.08. The monoisotopic (exact) mass is 280 g/mol. The highest BCUT2D eigenvalue weighted by atomic mass is 32.1. The van der Waals surface area contributed by atoms with Gasteiger partial charge in [-0.2, -0.15) is 15.0 Å². The van der Waals surface area contributed by atoms with E-state index in [0.29, 0.717) is 24.5 Å². The van der Waals surface area contributed by atoms with Gasteiger partial charge < -0.3 is 15.4 Å². The molecule has 0 unspecified atom stereocenters. The number of aromatic nitrogens is 4. The number of methoxy groups -OCH3 is 1. The van der Waals surface area contributed by atoms with Gasteiger partial charge in [0, 0.05) is 31.1 Å². The first-order chi connectivity index (χ1) is 9.31. The molecule has 0 aliphatic rings. The standard InChI is InChI=1S/C11H16N6OS/c1-3-12-9-15-10(17-11(16-9)18-2)14-5-4-8-13-6-7-19-8/h6-7H,3-5H2,1-2H3,(H2,12,14,15,16,17). The van der Waals surface area contributed by atoms with Crippen molar-refractivity contribution < 1.29 is 4.74 Å². The van der Waals surface area contributed by atoms with Crippen molar-refractivity contribution in [2.75, 3.05) is 30.8 Å². The maximum Gasteiger partial charge on any atom is 0.322 e. The first kappa shape index (κ1) is 13.5. The summed E-state index contributed by atoms with van der Waals surface area (Å²) in [5, 5.41) is 9.22. The Bertz CT molecular complexity index is 504. The van der Waals surface area contributed by atoms with Gasteiger partial charge in [0.05, 0.1) is 12.1 Å². The molecule has 102 valence electrons. The smallest absolute Gasteiger partial charge is 0.322 e. The lowest BCUT2D eigenvalue weighted by Crippen LogP contribution is -2.12. The van der Waals surface area contributed by atoms with Crippen molar-refractivity contribution in [2.24, 2.45) is 0 Å². The van der Waals surface area contributed by atoms with Gasteiger partial charge in [-0.25, -0.2) is 4.98 Å². The van der Waals surface area contributed by atoms with Crippen LogP contribution in [0.3, 0.4) is 0 Å². The number of anilines is 2. The molecule has 19 heavy (non-hydrogen) atoms. The second kappa shape index (κ2) is 6.83. The van der Waals surface area contributed by atoms with E-state index in [2.05, 4.69) is 30.6 Å². The van der Waals surface area contributed by atoms with Crippen molar-refractivity contribution in [2.45, 2.75) is 13.3 Å². The van der Waals surface area contributed by atoms with Crippen molar-refractivity contribution in [1.82, 2.24) is 19.9 Å². The summed E-state index contributed by atoms with van der Waals surface area (Å²) in [5.74, 6) is 1.01. The SMILES string of the molecule is CCNc1nc(NCCc2nccs2)nc(OC)n1. The lowest BCUT2D eigenvalue weighted by Gasteiger charge is -2.07. The third-order valence-electron chi connectivity index (χ3n) is 2.24. The molecule has 8 heteroatoms. The van der Waals surface area contributed by atoms with Crippen molar-refractivity contribution in [3.63, 3.8) is 0 Å². The Balaban J connectivity index is 1.96. The molecule has 2 rings (SSSR count). The molecule has 2 aromatic rings. The maximum absolute atomic E-state index is 5.04. The Morgan fingerprint density at radius 1 is 1.21 bits per heavy atom. The lowest BCUT2D eigenvalue weighted by molar-refractivity contribution is 0.379. The number of hydrogen-bond donors (Lipinski definition) is 2. The van der Waals surface area contributed by atoms with E-state index in [0.717, 1.165) is 18.0 Å². The molecule has 0 amide bonds. The molecule has 0 radical (unpaired) electrons. The molecule has 0 aliphatic carbocycles. The van der Waals surface area contributed by atoms with Crippen molar-refractivity contribution in [1.29, 1.82) is 0 Å². The van der Waals surface area contributed by atoms with E-state index in [4.69, 9.17) is 4.74 Å². The topological polar surface area (TPSA) is 84.9 Å². The Morgan fingerprint density at radius 2 is 2.00 bits per heavy atom. The van der Waals surface area contributed by atoms with Gasteiger partial charge in [-0.05, 0) is 6.92 Å². The highest BCUT2D eigenvalue weighted by Gasteiger charge is 2.06. The predicted molar refractivity (Wildman–Crippen MR) is 74.9 cm³/mol. The zero-order chi connectivity index (χ0) is 13.5. The number of rotatable bonds is 7. The van der Waals surface area contributed by atoms with Gasteiger partial charge >= 0.3 is 6.01 Å². The second-order valence-electron chi connectivity index (χ2n) is 3.60. The molecule has 0 aromatic carbocycles. The molecular formula is C11H16N6OS. The molecule has 2 N–H and O–H groups in total. The molecule has 0 saturated carbocycles. The largest absolute Gasteiger partial charge is 0.467 e. The van der Waals surface area contributed by atoms with E-state index >= 15 is 0 Å². The molecule has 2 heterocycles. The van der Waals surface area contributed by atoms with Gasteiger partial charge in [0.25, 0.3) is 0 Å². The normalized spacial score (nSPS) is 10.2. The molecule has 7 nitrogen and oxygen atoms in total. The van der Waals surface area contributed by atoms with Crippen LogP contribution in [0.4, 0.5) is 11.9 Å². The minimum atomic E-state index is 0.294. The first-order valence-electron chi connectivity index (χ1n) is 5.98. The molecule has 0 bridgehead atoms. The van der Waals surface area contributed by atoms with E-state index in [1.807, 2.05) is 12.3 Å². The van der Waals surface area contributed by atoms with Crippen LogP contribution >= 0.6 is 11.3 Å². The van der Waals surface area contributed by atoms with Gasteiger partial charge in [0.2, 0.25) is 11.9 Å². The van der Waals surface area contributed by atoms with E-state index in [9.17, 15) is 0 Å². The van der Waals surface area contributed by atoms with Gasteiger partial charge in [-0.3, -0.25) is 0 Å². The molecule has 0 aliphatic heterocycles. The molecular weight excluding hydrogens is 264 g/mol. The number of nitrogens with zero attached hydrogens (tertiary/aromatic N) is 4. The van der Waals surface area contributed by atoms with Crippen LogP contribution in [-0.4, -0.2) is 40.1 Å². The summed E-state index contributed by atoms with van der Waals surface area (Å²) in [4.78, 5) is 16.7. The van der Waals surface area contributed by atoms with E-state index < -0.39 is 0 Å². The molecule has 2 aromatic heterocycles. The Kier molecular flexibility index (Phi) is 4.85. The van der Waals surface area contributed by atoms with Crippen LogP contribution in [0.25, 0.3) is 0 Å². The van der Waals surface area contributed by atoms with Gasteiger partial charge in [0.15, 0.2) is 0 Å². The van der Waals surface area contributed by atoms with Gasteiger partial charge in [-0.1, -0.05) is 0 Å². The van der Waals surface area contributed by atoms with Crippen molar-refractivity contribution in [3.8, 4) is 6.01 Å². The van der Waals surface area contributed by atoms with Crippen molar-refractivity contribution >= 4 is 23.2 Å². The Labute approximate surface area is 115 Å². The summed E-state index contributed by atoms with van der Waals surface area (Å²) in [6, 6.07) is 0.294. The fourth-order valence-corrected chi connectivity index (χ4v) is 2.04. The molecule has 0 atom stereocenters. The minimum Gasteiger partial charge on any atom is -0.467 e. The number of ether oxygens (including phenoxy) is 1. The molecule has 0 fully saturated rings. The van der Waals surface area contributed by atoms with Crippen LogP contribution in [0.1, 0.15) is 11.9 Å². The van der Waals surface area contributed by atoms with Crippen LogP contribution in [0.5, 0.6) is 6.01 Å². The highest BCUT2D eigenvalue weighted by Crippen LogP contribution is 2.11. The summed E-state index contributed by atoms with van der Waals surface area (Å²) >= 11 is 1.64. The average Bonchev–Trinajstić information content (AvgIpc) is 2.92. The molecule has 0 spiro atoms. The van der Waals surface area contributed by atoms with Crippen LogP contribution in [-0.2, 0) is 6.42 Å². The average molecular weight is 280 g/mol. The zero-order valence-corrected chi connectivity index (χ0v) is 11.7. The molecule has 0 saturated heterocycles. The lowest BCUT2D eigenvalue weighted by atomic mass is 10.4. The fourth-order valence-electron chi connectivity index (χ4n) is 1.42. The number of thiazole rings is 1. The van der Waals surface area contributed by atoms with Gasteiger partial charge in [0.1, 0.15) is 0 Å². The number of hydrogen-bond acceptors (Lipinski definition) is 8. The van der Waals surface area contributed by atoms with Crippen LogP contribution < -0.4 is 15.4 Å². The Morgan fingerprint density at radius 3 is 2.63 bits per heavy atom. The Hall–Kier alpha value is -1.96. The van der Waals surface area contributed by atoms with E-state index in [1.54, 1.807) is 17.5 Å².